The van der Waals surface area contributed by atoms with Crippen LogP contribution in [0.5, 0.6) is 0 Å². The molecule has 0 heterocycles. The molecular formula is C11H19. The molecular weight excluding hydrogens is 132 g/mol. The van der Waals surface area contributed by atoms with Gasteiger partial charge in [-0.1, -0.05) is 31.4 Å². The van der Waals surface area contributed by atoms with E-state index in [1.165, 1.54) is 44.9 Å². The van der Waals surface area contributed by atoms with Crippen LogP contribution in [0, 0.1) is 6.92 Å². The molecule has 1 saturated carbocycles. The highest BCUT2D eigenvalue weighted by atomic mass is 14.1. The summed E-state index contributed by atoms with van der Waals surface area (Å²) >= 11 is 0. The summed E-state index contributed by atoms with van der Waals surface area (Å²) < 4.78 is 0. The standard InChI is InChI=1S/C11H19/c1-2-3-8-11-9-6-4-5-7-10-11/h8H,1-7,9-10H2. The number of hydrogen-bond donors (Lipinski definition) is 0. The van der Waals surface area contributed by atoms with Crippen molar-refractivity contribution in [2.45, 2.75) is 51.4 Å². The van der Waals surface area contributed by atoms with Crippen LogP contribution in [0.15, 0.2) is 11.6 Å². The second-order valence-electron chi connectivity index (χ2n) is 3.42. The van der Waals surface area contributed by atoms with Crippen molar-refractivity contribution >= 4 is 0 Å². The second kappa shape index (κ2) is 5.40. The first kappa shape index (κ1) is 8.83. The van der Waals surface area contributed by atoms with Gasteiger partial charge >= 0.3 is 0 Å². The predicted molar refractivity (Wildman–Crippen MR) is 50.4 cm³/mol. The van der Waals surface area contributed by atoms with Crippen LogP contribution in [0.1, 0.15) is 51.4 Å². The topological polar surface area (TPSA) is 0 Å². The van der Waals surface area contributed by atoms with Crippen molar-refractivity contribution in [1.82, 2.24) is 0 Å². The largest absolute Gasteiger partial charge is 0.0853 e. The fraction of sp³-hybridized carbons (Fsp3) is 0.727. The Morgan fingerprint density at radius 2 is 1.73 bits per heavy atom. The molecule has 0 saturated heterocycles. The summed E-state index contributed by atoms with van der Waals surface area (Å²) in [6.45, 7) is 3.85. The molecule has 1 rings (SSSR count). The average molecular weight is 151 g/mol. The highest BCUT2D eigenvalue weighted by Crippen LogP contribution is 2.22. The molecule has 0 heteroatoms. The van der Waals surface area contributed by atoms with Crippen molar-refractivity contribution in [2.24, 2.45) is 0 Å². The van der Waals surface area contributed by atoms with E-state index in [1.807, 2.05) is 0 Å². The minimum absolute atomic E-state index is 1.06. The molecule has 1 aliphatic carbocycles. The third kappa shape index (κ3) is 3.60. The normalized spacial score (nSPS) is 19.5. The van der Waals surface area contributed by atoms with Gasteiger partial charge in [-0.25, -0.2) is 0 Å². The van der Waals surface area contributed by atoms with Crippen molar-refractivity contribution in [3.63, 3.8) is 0 Å². The lowest BCUT2D eigenvalue weighted by atomic mass is 10.1. The molecule has 0 nitrogen and oxygen atoms in total. The first-order chi connectivity index (χ1) is 5.43. The fourth-order valence-electron chi connectivity index (χ4n) is 1.69. The Hall–Kier alpha value is -0.260. The smallest absolute Gasteiger partial charge is 0.0320 e. The molecule has 63 valence electrons. The van der Waals surface area contributed by atoms with Crippen molar-refractivity contribution in [2.75, 3.05) is 0 Å². The van der Waals surface area contributed by atoms with Crippen molar-refractivity contribution in [3.05, 3.63) is 18.6 Å². The SMILES string of the molecule is [CH2]CCC=C1CCCCCC1. The zero-order valence-electron chi connectivity index (χ0n) is 7.44. The van der Waals surface area contributed by atoms with E-state index >= 15 is 0 Å². The Morgan fingerprint density at radius 3 is 2.27 bits per heavy atom. The van der Waals surface area contributed by atoms with Gasteiger partial charge in [0, 0.05) is 0 Å². The molecule has 0 aromatic carbocycles. The summed E-state index contributed by atoms with van der Waals surface area (Å²) in [5.41, 5.74) is 1.70. The lowest BCUT2D eigenvalue weighted by Gasteiger charge is -2.00. The van der Waals surface area contributed by atoms with E-state index in [0.717, 1.165) is 6.42 Å². The molecule has 0 aromatic rings. The van der Waals surface area contributed by atoms with E-state index in [0.29, 0.717) is 0 Å². The molecule has 0 N–H and O–H groups in total. The maximum atomic E-state index is 3.85. The van der Waals surface area contributed by atoms with Crippen molar-refractivity contribution in [1.29, 1.82) is 0 Å². The Labute approximate surface area is 70.7 Å². The molecule has 0 aromatic heterocycles. The molecule has 0 amide bonds. The zero-order valence-corrected chi connectivity index (χ0v) is 7.44. The minimum Gasteiger partial charge on any atom is -0.0853 e. The van der Waals surface area contributed by atoms with Gasteiger partial charge in [0.15, 0.2) is 0 Å². The van der Waals surface area contributed by atoms with Crippen LogP contribution in [0.25, 0.3) is 0 Å². The number of rotatable bonds is 2. The summed E-state index contributed by atoms with van der Waals surface area (Å²) in [5, 5.41) is 0. The third-order valence-corrected chi connectivity index (χ3v) is 2.38. The average Bonchev–Trinajstić information content (AvgIpc) is 2.28. The third-order valence-electron chi connectivity index (χ3n) is 2.38. The summed E-state index contributed by atoms with van der Waals surface area (Å²) in [7, 11) is 0. The lowest BCUT2D eigenvalue weighted by Crippen LogP contribution is -1.80. The van der Waals surface area contributed by atoms with Crippen molar-refractivity contribution in [3.8, 4) is 0 Å². The van der Waals surface area contributed by atoms with Gasteiger partial charge in [0.05, 0.1) is 0 Å². The van der Waals surface area contributed by atoms with Crippen LogP contribution < -0.4 is 0 Å². The molecule has 0 aliphatic heterocycles. The van der Waals surface area contributed by atoms with Crippen molar-refractivity contribution < 1.29 is 0 Å². The maximum absolute atomic E-state index is 3.85. The fourth-order valence-corrected chi connectivity index (χ4v) is 1.69. The molecule has 1 fully saturated rings. The monoisotopic (exact) mass is 151 g/mol. The maximum Gasteiger partial charge on any atom is -0.0320 e. The van der Waals surface area contributed by atoms with Gasteiger partial charge in [-0.05, 0) is 38.5 Å². The first-order valence-electron chi connectivity index (χ1n) is 4.90. The van der Waals surface area contributed by atoms with Gasteiger partial charge in [0.1, 0.15) is 0 Å². The highest BCUT2D eigenvalue weighted by Gasteiger charge is 2.02. The molecule has 0 spiro atoms. The summed E-state index contributed by atoms with van der Waals surface area (Å²) in [5.74, 6) is 0. The predicted octanol–water partition coefficient (Wildman–Crippen LogP) is 3.88. The van der Waals surface area contributed by atoms with Gasteiger partial charge < -0.3 is 0 Å². The van der Waals surface area contributed by atoms with Gasteiger partial charge in [-0.15, -0.1) is 0 Å². The van der Waals surface area contributed by atoms with E-state index in [9.17, 15) is 0 Å². The minimum atomic E-state index is 1.06. The molecule has 11 heavy (non-hydrogen) atoms. The van der Waals surface area contributed by atoms with Crippen LogP contribution in [-0.4, -0.2) is 0 Å². The molecule has 0 unspecified atom stereocenters. The van der Waals surface area contributed by atoms with Gasteiger partial charge in [-0.2, -0.15) is 0 Å². The molecule has 0 atom stereocenters. The summed E-state index contributed by atoms with van der Waals surface area (Å²) in [4.78, 5) is 0. The first-order valence-corrected chi connectivity index (χ1v) is 4.90. The molecule has 1 aliphatic rings. The molecule has 0 bridgehead atoms. The summed E-state index contributed by atoms with van der Waals surface area (Å²) in [6.07, 6.45) is 13.1. The van der Waals surface area contributed by atoms with Gasteiger partial charge in [0.25, 0.3) is 0 Å². The van der Waals surface area contributed by atoms with Crippen LogP contribution in [0.3, 0.4) is 0 Å². The number of hydrogen-bond acceptors (Lipinski definition) is 0. The zero-order chi connectivity index (χ0) is 7.94. The number of unbranched alkanes of at least 4 members (excludes halogenated alkanes) is 1. The Bertz CT molecular complexity index is 112. The van der Waals surface area contributed by atoms with Crippen LogP contribution in [0.2, 0.25) is 0 Å². The molecule has 1 radical (unpaired) electrons. The summed E-state index contributed by atoms with van der Waals surface area (Å²) in [6, 6.07) is 0. The van der Waals surface area contributed by atoms with E-state index in [4.69, 9.17) is 0 Å². The Kier molecular flexibility index (Phi) is 4.33. The Morgan fingerprint density at radius 1 is 1.09 bits per heavy atom. The van der Waals surface area contributed by atoms with Crippen LogP contribution in [-0.2, 0) is 0 Å². The van der Waals surface area contributed by atoms with Crippen LogP contribution in [0.4, 0.5) is 0 Å². The second-order valence-corrected chi connectivity index (χ2v) is 3.42. The van der Waals surface area contributed by atoms with Crippen LogP contribution >= 0.6 is 0 Å². The lowest BCUT2D eigenvalue weighted by molar-refractivity contribution is 0.702. The number of allylic oxidation sites excluding steroid dienone is 2. The highest BCUT2D eigenvalue weighted by molar-refractivity contribution is 5.02. The van der Waals surface area contributed by atoms with Gasteiger partial charge in [-0.3, -0.25) is 0 Å². The van der Waals surface area contributed by atoms with E-state index in [1.54, 1.807) is 5.57 Å². The van der Waals surface area contributed by atoms with E-state index in [2.05, 4.69) is 13.0 Å². The van der Waals surface area contributed by atoms with Gasteiger partial charge in [0.2, 0.25) is 0 Å². The van der Waals surface area contributed by atoms with E-state index < -0.39 is 0 Å². The Balaban J connectivity index is 2.29. The van der Waals surface area contributed by atoms with E-state index in [-0.39, 0.29) is 0 Å². The quantitative estimate of drug-likeness (QED) is 0.415.